The maximum atomic E-state index is 10.1. The van der Waals surface area contributed by atoms with Gasteiger partial charge >= 0.3 is 5.97 Å². The monoisotopic (exact) mass is 149 g/mol. The van der Waals surface area contributed by atoms with Crippen molar-refractivity contribution in [1.29, 1.82) is 0 Å². The number of aliphatic hydroxyl groups excluding tert-OH is 1. The molecule has 10 heavy (non-hydrogen) atoms. The van der Waals surface area contributed by atoms with Crippen molar-refractivity contribution in [1.82, 2.24) is 5.32 Å². The van der Waals surface area contributed by atoms with E-state index < -0.39 is 18.3 Å². The molecule has 0 amide bonds. The number of nitrogens with one attached hydrogen (secondary N) is 1. The van der Waals surface area contributed by atoms with Crippen molar-refractivity contribution in [3.8, 4) is 0 Å². The van der Waals surface area contributed by atoms with Crippen LogP contribution in [0.3, 0.4) is 0 Å². The quantitative estimate of drug-likeness (QED) is 0.360. The molecule has 0 aromatic rings. The average molecular weight is 149 g/mol. The van der Waals surface area contributed by atoms with Gasteiger partial charge in [0, 0.05) is 6.54 Å². The summed E-state index contributed by atoms with van der Waals surface area (Å²) >= 11 is 0. The van der Waals surface area contributed by atoms with Crippen LogP contribution in [0.2, 0.25) is 0 Å². The maximum Gasteiger partial charge on any atom is 0.320 e. The third-order valence-electron chi connectivity index (χ3n) is 0.977. The zero-order chi connectivity index (χ0) is 8.15. The molecular weight excluding hydrogens is 138 g/mol. The number of carbonyl (C=O) groups is 1. The van der Waals surface area contributed by atoms with E-state index in [1.807, 2.05) is 0 Å². The average Bonchev–Trinajstić information content (AvgIpc) is 1.82. The van der Waals surface area contributed by atoms with Crippen LogP contribution in [0, 0.1) is 0 Å². The van der Waals surface area contributed by atoms with Gasteiger partial charge in [-0.25, -0.2) is 0 Å². The number of carboxylic acid groups (broad SMARTS) is 1. The third kappa shape index (κ3) is 4.25. The molecule has 0 unspecified atom stereocenters. The van der Waals surface area contributed by atoms with E-state index in [4.69, 9.17) is 15.3 Å². The largest absolute Gasteiger partial charge is 0.480 e. The van der Waals surface area contributed by atoms with E-state index in [-0.39, 0.29) is 6.54 Å². The minimum atomic E-state index is -1.50. The van der Waals surface area contributed by atoms with Crippen molar-refractivity contribution in [3.63, 3.8) is 0 Å². The highest BCUT2D eigenvalue weighted by molar-refractivity contribution is 5.72. The summed E-state index contributed by atoms with van der Waals surface area (Å²) in [5.41, 5.74) is 0. The van der Waals surface area contributed by atoms with Gasteiger partial charge in [0.25, 0.3) is 0 Å². The molecule has 0 aliphatic rings. The second-order valence-electron chi connectivity index (χ2n) is 1.95. The number of rotatable bonds is 4. The van der Waals surface area contributed by atoms with Crippen LogP contribution in [0.5, 0.6) is 0 Å². The molecule has 1 atom stereocenters. The van der Waals surface area contributed by atoms with Crippen LogP contribution in [0.1, 0.15) is 6.92 Å². The van der Waals surface area contributed by atoms with Gasteiger partial charge in [0.05, 0.1) is 0 Å². The lowest BCUT2D eigenvalue weighted by Crippen LogP contribution is -2.38. The Morgan fingerprint density at radius 2 is 2.10 bits per heavy atom. The standard InChI is InChI=1S/C5H11NO4/c1-3(5(9)10)6-2-4(7)8/h3-4,6-8H,2H2,1H3,(H,9,10)/t3-/m0/s1. The molecule has 0 radical (unpaired) electrons. The highest BCUT2D eigenvalue weighted by Gasteiger charge is 2.09. The molecule has 0 heterocycles. The topological polar surface area (TPSA) is 89.8 Å². The first-order chi connectivity index (χ1) is 4.54. The lowest BCUT2D eigenvalue weighted by Gasteiger charge is -2.09. The van der Waals surface area contributed by atoms with Crippen molar-refractivity contribution >= 4 is 5.97 Å². The van der Waals surface area contributed by atoms with Gasteiger partial charge in [-0.05, 0) is 6.92 Å². The number of hydrogen-bond donors (Lipinski definition) is 4. The summed E-state index contributed by atoms with van der Waals surface area (Å²) in [6, 6.07) is -0.748. The maximum absolute atomic E-state index is 10.1. The molecule has 0 aliphatic carbocycles. The SMILES string of the molecule is C[C@H](NCC(O)O)C(=O)O. The summed E-state index contributed by atoms with van der Waals surface area (Å²) in [6.45, 7) is 1.29. The highest BCUT2D eigenvalue weighted by atomic mass is 16.5. The summed E-state index contributed by atoms with van der Waals surface area (Å²) in [6.07, 6.45) is -1.50. The molecule has 0 aromatic heterocycles. The van der Waals surface area contributed by atoms with E-state index in [1.54, 1.807) is 0 Å². The predicted octanol–water partition coefficient (Wildman–Crippen LogP) is -1.64. The zero-order valence-corrected chi connectivity index (χ0v) is 5.61. The Morgan fingerprint density at radius 1 is 1.60 bits per heavy atom. The van der Waals surface area contributed by atoms with E-state index in [9.17, 15) is 4.79 Å². The number of aliphatic hydroxyl groups is 2. The van der Waals surface area contributed by atoms with Gasteiger partial charge in [-0.15, -0.1) is 0 Å². The van der Waals surface area contributed by atoms with Crippen LogP contribution in [0.15, 0.2) is 0 Å². The minimum Gasteiger partial charge on any atom is -0.480 e. The Morgan fingerprint density at radius 3 is 2.40 bits per heavy atom. The van der Waals surface area contributed by atoms with Crippen LogP contribution >= 0.6 is 0 Å². The lowest BCUT2D eigenvalue weighted by molar-refractivity contribution is -0.139. The first kappa shape index (κ1) is 9.35. The van der Waals surface area contributed by atoms with Crippen LogP contribution in [-0.4, -0.2) is 40.2 Å². The molecule has 5 heteroatoms. The van der Waals surface area contributed by atoms with E-state index in [2.05, 4.69) is 5.32 Å². The van der Waals surface area contributed by atoms with Gasteiger partial charge in [0.1, 0.15) is 6.04 Å². The normalized spacial score (nSPS) is 13.6. The van der Waals surface area contributed by atoms with E-state index in [0.29, 0.717) is 0 Å². The molecule has 0 fully saturated rings. The molecule has 0 aliphatic heterocycles. The fraction of sp³-hybridized carbons (Fsp3) is 0.800. The van der Waals surface area contributed by atoms with Gasteiger partial charge in [0.15, 0.2) is 6.29 Å². The lowest BCUT2D eigenvalue weighted by atomic mass is 10.3. The molecule has 0 saturated carbocycles. The Bertz CT molecular complexity index is 114. The van der Waals surface area contributed by atoms with Crippen molar-refractivity contribution in [2.24, 2.45) is 0 Å². The number of carboxylic acids is 1. The second kappa shape index (κ2) is 4.21. The fourth-order valence-corrected chi connectivity index (χ4v) is 0.369. The van der Waals surface area contributed by atoms with Crippen LogP contribution in [0.25, 0.3) is 0 Å². The van der Waals surface area contributed by atoms with E-state index in [0.717, 1.165) is 0 Å². The first-order valence-corrected chi connectivity index (χ1v) is 2.86. The minimum absolute atomic E-state index is 0.131. The molecule has 0 aromatic carbocycles. The van der Waals surface area contributed by atoms with Gasteiger partial charge in [-0.1, -0.05) is 0 Å². The molecule has 5 nitrogen and oxygen atoms in total. The number of hydrogen-bond acceptors (Lipinski definition) is 4. The third-order valence-corrected chi connectivity index (χ3v) is 0.977. The van der Waals surface area contributed by atoms with Gasteiger partial charge in [0.2, 0.25) is 0 Å². The molecule has 4 N–H and O–H groups in total. The second-order valence-corrected chi connectivity index (χ2v) is 1.95. The molecule has 0 rings (SSSR count). The Labute approximate surface area is 58.3 Å². The first-order valence-electron chi connectivity index (χ1n) is 2.86. The summed E-state index contributed by atoms with van der Waals surface area (Å²) in [7, 11) is 0. The van der Waals surface area contributed by atoms with Crippen LogP contribution < -0.4 is 5.32 Å². The van der Waals surface area contributed by atoms with Crippen LogP contribution in [-0.2, 0) is 4.79 Å². The van der Waals surface area contributed by atoms with Gasteiger partial charge in [-0.3, -0.25) is 10.1 Å². The summed E-state index contributed by atoms with van der Waals surface area (Å²) < 4.78 is 0. The van der Waals surface area contributed by atoms with E-state index in [1.165, 1.54) is 6.92 Å². The highest BCUT2D eigenvalue weighted by Crippen LogP contribution is 1.80. The van der Waals surface area contributed by atoms with Crippen LogP contribution in [0.4, 0.5) is 0 Å². The van der Waals surface area contributed by atoms with Crippen molar-refractivity contribution in [3.05, 3.63) is 0 Å². The molecular formula is C5H11NO4. The summed E-state index contributed by atoms with van der Waals surface area (Å²) in [5, 5.41) is 27.2. The van der Waals surface area contributed by atoms with Gasteiger partial charge in [-0.2, -0.15) is 0 Å². The Balaban J connectivity index is 3.40. The van der Waals surface area contributed by atoms with Crippen molar-refractivity contribution in [2.75, 3.05) is 6.54 Å². The molecule has 60 valence electrons. The Hall–Kier alpha value is -0.650. The number of aliphatic carboxylic acids is 1. The summed E-state index contributed by atoms with van der Waals surface area (Å²) in [4.78, 5) is 10.1. The smallest absolute Gasteiger partial charge is 0.320 e. The fourth-order valence-electron chi connectivity index (χ4n) is 0.369. The zero-order valence-electron chi connectivity index (χ0n) is 5.61. The predicted molar refractivity (Wildman–Crippen MR) is 33.3 cm³/mol. The Kier molecular flexibility index (Phi) is 3.94. The molecule has 0 spiro atoms. The molecule has 0 saturated heterocycles. The van der Waals surface area contributed by atoms with E-state index >= 15 is 0 Å². The van der Waals surface area contributed by atoms with Crippen molar-refractivity contribution in [2.45, 2.75) is 19.3 Å². The summed E-state index contributed by atoms with van der Waals surface area (Å²) in [5.74, 6) is -1.01. The molecule has 0 bridgehead atoms. The van der Waals surface area contributed by atoms with Crippen molar-refractivity contribution < 1.29 is 20.1 Å². The van der Waals surface area contributed by atoms with Gasteiger partial charge < -0.3 is 15.3 Å².